The zero-order valence-electron chi connectivity index (χ0n) is 9.79. The number of hydrogen-bond donors (Lipinski definition) is 1. The van der Waals surface area contributed by atoms with E-state index in [-0.39, 0.29) is 0 Å². The summed E-state index contributed by atoms with van der Waals surface area (Å²) in [5, 5.41) is 5.72. The summed E-state index contributed by atoms with van der Waals surface area (Å²) in [6.45, 7) is 3.55. The van der Waals surface area contributed by atoms with Gasteiger partial charge >= 0.3 is 0 Å². The predicted octanol–water partition coefficient (Wildman–Crippen LogP) is 2.96. The molecule has 2 rings (SSSR count). The van der Waals surface area contributed by atoms with Crippen LogP contribution >= 0.6 is 0 Å². The molecule has 0 bridgehead atoms. The minimum absolute atomic E-state index is 0.703. The van der Waals surface area contributed by atoms with E-state index >= 15 is 0 Å². The van der Waals surface area contributed by atoms with Crippen molar-refractivity contribution in [3.8, 4) is 5.75 Å². The van der Waals surface area contributed by atoms with E-state index in [0.29, 0.717) is 6.61 Å². The van der Waals surface area contributed by atoms with Crippen LogP contribution in [0, 0.1) is 0 Å². The highest BCUT2D eigenvalue weighted by Crippen LogP contribution is 2.27. The van der Waals surface area contributed by atoms with E-state index in [2.05, 4.69) is 41.7 Å². The minimum Gasteiger partial charge on any atom is -0.494 e. The van der Waals surface area contributed by atoms with Gasteiger partial charge in [-0.3, -0.25) is 0 Å². The molecule has 2 heteroatoms. The Bertz CT molecular complexity index is 479. The third-order valence-corrected chi connectivity index (χ3v) is 2.65. The lowest BCUT2D eigenvalue weighted by Crippen LogP contribution is -2.08. The fraction of sp³-hybridized carbons (Fsp3) is 0.286. The first-order valence-corrected chi connectivity index (χ1v) is 5.65. The number of rotatable bonds is 4. The molecule has 0 saturated carbocycles. The van der Waals surface area contributed by atoms with Crippen LogP contribution in [0.3, 0.4) is 0 Å². The van der Waals surface area contributed by atoms with Crippen LogP contribution < -0.4 is 10.1 Å². The Morgan fingerprint density at radius 3 is 2.69 bits per heavy atom. The molecule has 0 unspecified atom stereocenters. The highest BCUT2D eigenvalue weighted by Gasteiger charge is 2.07. The lowest BCUT2D eigenvalue weighted by molar-refractivity contribution is 0.336. The Morgan fingerprint density at radius 2 is 1.94 bits per heavy atom. The number of hydrogen-bond acceptors (Lipinski definition) is 2. The number of benzene rings is 2. The number of nitrogens with one attached hydrogen (secondary N) is 1. The van der Waals surface area contributed by atoms with E-state index < -0.39 is 0 Å². The summed E-state index contributed by atoms with van der Waals surface area (Å²) in [6.07, 6.45) is 0. The Hall–Kier alpha value is -1.54. The summed E-state index contributed by atoms with van der Waals surface area (Å²) in [5.41, 5.74) is 1.24. The molecular formula is C14H17NO. The van der Waals surface area contributed by atoms with Crippen molar-refractivity contribution in [1.29, 1.82) is 0 Å². The van der Waals surface area contributed by atoms with Gasteiger partial charge in [-0.05, 0) is 30.8 Å². The largest absolute Gasteiger partial charge is 0.494 e. The van der Waals surface area contributed by atoms with Crippen LogP contribution in [0.5, 0.6) is 5.75 Å². The molecule has 0 aromatic heterocycles. The van der Waals surface area contributed by atoms with Gasteiger partial charge in [0.1, 0.15) is 5.75 Å². The lowest BCUT2D eigenvalue weighted by Gasteiger charge is -2.12. The summed E-state index contributed by atoms with van der Waals surface area (Å²) in [7, 11) is 1.96. The highest BCUT2D eigenvalue weighted by atomic mass is 16.5. The molecule has 0 spiro atoms. The van der Waals surface area contributed by atoms with Gasteiger partial charge in [0, 0.05) is 12.1 Å². The molecule has 0 aliphatic heterocycles. The third-order valence-electron chi connectivity index (χ3n) is 2.65. The first kappa shape index (κ1) is 11.0. The molecule has 0 aliphatic carbocycles. The average molecular weight is 215 g/mol. The second-order valence-electron chi connectivity index (χ2n) is 3.73. The summed E-state index contributed by atoms with van der Waals surface area (Å²) < 4.78 is 5.66. The van der Waals surface area contributed by atoms with E-state index in [1.54, 1.807) is 0 Å². The second kappa shape index (κ2) is 4.99. The Kier molecular flexibility index (Phi) is 3.42. The van der Waals surface area contributed by atoms with Gasteiger partial charge in [-0.2, -0.15) is 0 Å². The Morgan fingerprint density at radius 1 is 1.12 bits per heavy atom. The van der Waals surface area contributed by atoms with Crippen molar-refractivity contribution >= 4 is 10.8 Å². The van der Waals surface area contributed by atoms with Gasteiger partial charge in [0.15, 0.2) is 0 Å². The van der Waals surface area contributed by atoms with Crippen molar-refractivity contribution in [2.24, 2.45) is 0 Å². The van der Waals surface area contributed by atoms with Gasteiger partial charge in [0.2, 0.25) is 0 Å². The molecule has 0 atom stereocenters. The quantitative estimate of drug-likeness (QED) is 0.846. The van der Waals surface area contributed by atoms with Gasteiger partial charge in [-0.15, -0.1) is 0 Å². The van der Waals surface area contributed by atoms with Crippen molar-refractivity contribution in [2.45, 2.75) is 13.5 Å². The smallest absolute Gasteiger partial charge is 0.124 e. The van der Waals surface area contributed by atoms with E-state index in [9.17, 15) is 0 Å². The molecule has 16 heavy (non-hydrogen) atoms. The summed E-state index contributed by atoms with van der Waals surface area (Å²) in [6, 6.07) is 12.6. The summed E-state index contributed by atoms with van der Waals surface area (Å²) >= 11 is 0. The van der Waals surface area contributed by atoms with Crippen molar-refractivity contribution in [1.82, 2.24) is 5.32 Å². The van der Waals surface area contributed by atoms with Crippen LogP contribution in [-0.4, -0.2) is 13.7 Å². The molecule has 1 N–H and O–H groups in total. The fourth-order valence-electron chi connectivity index (χ4n) is 1.97. The van der Waals surface area contributed by atoms with E-state index in [1.165, 1.54) is 16.3 Å². The molecule has 0 fully saturated rings. The van der Waals surface area contributed by atoms with Crippen molar-refractivity contribution < 1.29 is 4.74 Å². The summed E-state index contributed by atoms with van der Waals surface area (Å²) in [4.78, 5) is 0. The zero-order valence-corrected chi connectivity index (χ0v) is 9.79. The van der Waals surface area contributed by atoms with Crippen molar-refractivity contribution in [3.63, 3.8) is 0 Å². The maximum atomic E-state index is 5.66. The first-order chi connectivity index (χ1) is 7.86. The SMILES string of the molecule is CCOc1ccc2ccccc2c1CNC. The standard InChI is InChI=1S/C14H17NO/c1-3-16-14-9-8-11-6-4-5-7-12(11)13(14)10-15-2/h4-9,15H,3,10H2,1-2H3. The predicted molar refractivity (Wildman–Crippen MR) is 67.9 cm³/mol. The molecule has 2 aromatic rings. The number of ether oxygens (including phenoxy) is 1. The van der Waals surface area contributed by atoms with Gasteiger partial charge in [-0.1, -0.05) is 30.3 Å². The van der Waals surface area contributed by atoms with Gasteiger partial charge in [0.25, 0.3) is 0 Å². The number of fused-ring (bicyclic) bond motifs is 1. The highest BCUT2D eigenvalue weighted by molar-refractivity contribution is 5.87. The van der Waals surface area contributed by atoms with Crippen LogP contribution in [-0.2, 0) is 6.54 Å². The molecule has 0 aliphatic rings. The van der Waals surface area contributed by atoms with Crippen molar-refractivity contribution in [2.75, 3.05) is 13.7 Å². The third kappa shape index (κ3) is 2.02. The van der Waals surface area contributed by atoms with Crippen LogP contribution in [0.1, 0.15) is 12.5 Å². The monoisotopic (exact) mass is 215 g/mol. The van der Waals surface area contributed by atoms with Gasteiger partial charge < -0.3 is 10.1 Å². The van der Waals surface area contributed by atoms with Crippen LogP contribution in [0.25, 0.3) is 10.8 Å². The molecule has 0 amide bonds. The van der Waals surface area contributed by atoms with E-state index in [1.807, 2.05) is 14.0 Å². The average Bonchev–Trinajstić information content (AvgIpc) is 2.32. The van der Waals surface area contributed by atoms with E-state index in [0.717, 1.165) is 12.3 Å². The van der Waals surface area contributed by atoms with E-state index in [4.69, 9.17) is 4.74 Å². The molecule has 2 aromatic carbocycles. The maximum absolute atomic E-state index is 5.66. The molecule has 84 valence electrons. The van der Waals surface area contributed by atoms with Crippen molar-refractivity contribution in [3.05, 3.63) is 42.0 Å². The maximum Gasteiger partial charge on any atom is 0.124 e. The molecule has 0 radical (unpaired) electrons. The molecule has 2 nitrogen and oxygen atoms in total. The van der Waals surface area contributed by atoms with Crippen LogP contribution in [0.4, 0.5) is 0 Å². The normalized spacial score (nSPS) is 10.6. The molecular weight excluding hydrogens is 198 g/mol. The molecule has 0 saturated heterocycles. The van der Waals surface area contributed by atoms with Gasteiger partial charge in [-0.25, -0.2) is 0 Å². The topological polar surface area (TPSA) is 21.3 Å². The lowest BCUT2D eigenvalue weighted by atomic mass is 10.0. The van der Waals surface area contributed by atoms with Gasteiger partial charge in [0.05, 0.1) is 6.61 Å². The van der Waals surface area contributed by atoms with Crippen LogP contribution in [0.2, 0.25) is 0 Å². The minimum atomic E-state index is 0.703. The molecule has 0 heterocycles. The summed E-state index contributed by atoms with van der Waals surface area (Å²) in [5.74, 6) is 0.982. The fourth-order valence-corrected chi connectivity index (χ4v) is 1.97. The Labute approximate surface area is 96.2 Å². The Balaban J connectivity index is 2.58. The zero-order chi connectivity index (χ0) is 11.4. The first-order valence-electron chi connectivity index (χ1n) is 5.65. The second-order valence-corrected chi connectivity index (χ2v) is 3.73. The van der Waals surface area contributed by atoms with Crippen LogP contribution in [0.15, 0.2) is 36.4 Å².